The second kappa shape index (κ2) is 5.66. The molecule has 5 heteroatoms. The predicted molar refractivity (Wildman–Crippen MR) is 89.3 cm³/mol. The number of nitrogens with zero attached hydrogens (tertiary/aromatic N) is 3. The van der Waals surface area contributed by atoms with Crippen LogP contribution in [0.4, 0.5) is 4.39 Å². The van der Waals surface area contributed by atoms with Gasteiger partial charge in [-0.25, -0.2) is 4.39 Å². The summed E-state index contributed by atoms with van der Waals surface area (Å²) in [5, 5.41) is 5.31. The number of benzene rings is 1. The van der Waals surface area contributed by atoms with Crippen LogP contribution in [0.15, 0.2) is 42.9 Å². The highest BCUT2D eigenvalue weighted by Crippen LogP contribution is 2.29. The summed E-state index contributed by atoms with van der Waals surface area (Å²) < 4.78 is 15.1. The minimum absolute atomic E-state index is 0.203. The summed E-state index contributed by atoms with van der Waals surface area (Å²) in [6.07, 6.45) is 9.27. The fourth-order valence-electron chi connectivity index (χ4n) is 3.28. The Morgan fingerprint density at radius 3 is 3.00 bits per heavy atom. The van der Waals surface area contributed by atoms with Gasteiger partial charge in [-0.1, -0.05) is 6.08 Å². The molecule has 0 radical (unpaired) electrons. The van der Waals surface area contributed by atoms with Gasteiger partial charge in [0.15, 0.2) is 0 Å². The van der Waals surface area contributed by atoms with Crippen molar-refractivity contribution in [1.82, 2.24) is 19.7 Å². The van der Waals surface area contributed by atoms with Crippen molar-refractivity contribution in [2.75, 3.05) is 13.1 Å². The van der Waals surface area contributed by atoms with Crippen LogP contribution in [0.2, 0.25) is 0 Å². The van der Waals surface area contributed by atoms with Crippen LogP contribution in [0, 0.1) is 5.82 Å². The fraction of sp³-hybridized carbons (Fsp3) is 0.278. The SMILES string of the molecule is Cn1cc(CN2CC=C(c3c[nH]c4cc(F)ccc34)CC2)cn1. The van der Waals surface area contributed by atoms with Gasteiger partial charge in [-0.05, 0) is 30.2 Å². The number of fused-ring (bicyclic) bond motifs is 1. The van der Waals surface area contributed by atoms with Crippen molar-refractivity contribution < 1.29 is 4.39 Å². The van der Waals surface area contributed by atoms with Crippen LogP contribution in [0.1, 0.15) is 17.5 Å². The van der Waals surface area contributed by atoms with Crippen molar-refractivity contribution >= 4 is 16.5 Å². The van der Waals surface area contributed by atoms with Gasteiger partial charge in [-0.3, -0.25) is 9.58 Å². The summed E-state index contributed by atoms with van der Waals surface area (Å²) in [6, 6.07) is 4.94. The quantitative estimate of drug-likeness (QED) is 0.805. The highest BCUT2D eigenvalue weighted by Gasteiger charge is 2.16. The monoisotopic (exact) mass is 310 g/mol. The second-order valence-corrected chi connectivity index (χ2v) is 6.13. The van der Waals surface area contributed by atoms with E-state index in [0.717, 1.165) is 37.0 Å². The Kier molecular flexibility index (Phi) is 3.50. The lowest BCUT2D eigenvalue weighted by atomic mass is 9.99. The molecule has 1 aliphatic rings. The van der Waals surface area contributed by atoms with Crippen molar-refractivity contribution in [3.8, 4) is 0 Å². The van der Waals surface area contributed by atoms with Crippen molar-refractivity contribution in [3.63, 3.8) is 0 Å². The lowest BCUT2D eigenvalue weighted by molar-refractivity contribution is 0.294. The molecule has 1 N–H and O–H groups in total. The molecular weight excluding hydrogens is 291 g/mol. The number of rotatable bonds is 3. The standard InChI is InChI=1S/C18H19FN4/c1-22-11-13(9-21-22)12-23-6-4-14(5-7-23)17-10-20-18-8-15(19)2-3-16(17)18/h2-4,8-11,20H,5-7,12H2,1H3. The molecule has 1 aromatic carbocycles. The zero-order valence-corrected chi connectivity index (χ0v) is 13.1. The van der Waals surface area contributed by atoms with Crippen LogP contribution in [-0.2, 0) is 13.6 Å². The Morgan fingerprint density at radius 2 is 2.26 bits per heavy atom. The number of halogens is 1. The molecule has 0 spiro atoms. The van der Waals surface area contributed by atoms with Crippen LogP contribution in [0.5, 0.6) is 0 Å². The van der Waals surface area contributed by atoms with E-state index >= 15 is 0 Å². The maximum Gasteiger partial charge on any atom is 0.125 e. The third-order valence-corrected chi connectivity index (χ3v) is 4.45. The average Bonchev–Trinajstić information content (AvgIpc) is 3.14. The maximum absolute atomic E-state index is 13.3. The molecule has 4 nitrogen and oxygen atoms in total. The molecule has 0 fully saturated rings. The smallest absolute Gasteiger partial charge is 0.125 e. The average molecular weight is 310 g/mol. The van der Waals surface area contributed by atoms with Gasteiger partial charge in [0, 0.05) is 61.1 Å². The summed E-state index contributed by atoms with van der Waals surface area (Å²) in [5.74, 6) is -0.203. The number of aromatic amines is 1. The Hall–Kier alpha value is -2.40. The van der Waals surface area contributed by atoms with Crippen LogP contribution in [0.3, 0.4) is 0 Å². The summed E-state index contributed by atoms with van der Waals surface area (Å²) in [7, 11) is 1.94. The van der Waals surface area contributed by atoms with E-state index in [1.54, 1.807) is 6.07 Å². The molecule has 0 bridgehead atoms. The number of aryl methyl sites for hydroxylation is 1. The highest BCUT2D eigenvalue weighted by molar-refractivity contribution is 5.92. The van der Waals surface area contributed by atoms with Gasteiger partial charge in [0.25, 0.3) is 0 Å². The minimum atomic E-state index is -0.203. The molecule has 3 aromatic rings. The zero-order valence-electron chi connectivity index (χ0n) is 13.1. The number of aromatic nitrogens is 3. The van der Waals surface area contributed by atoms with Crippen molar-refractivity contribution in [1.29, 1.82) is 0 Å². The summed E-state index contributed by atoms with van der Waals surface area (Å²) >= 11 is 0. The third-order valence-electron chi connectivity index (χ3n) is 4.45. The largest absolute Gasteiger partial charge is 0.360 e. The maximum atomic E-state index is 13.3. The van der Waals surface area contributed by atoms with Crippen molar-refractivity contribution in [3.05, 3.63) is 59.8 Å². The molecule has 1 aliphatic heterocycles. The fourth-order valence-corrected chi connectivity index (χ4v) is 3.28. The van der Waals surface area contributed by atoms with Crippen LogP contribution < -0.4 is 0 Å². The van der Waals surface area contributed by atoms with Gasteiger partial charge in [0.1, 0.15) is 5.82 Å². The molecule has 4 rings (SSSR count). The van der Waals surface area contributed by atoms with Crippen LogP contribution in [-0.4, -0.2) is 32.8 Å². The van der Waals surface area contributed by atoms with E-state index in [1.165, 1.54) is 22.8 Å². The van der Waals surface area contributed by atoms with E-state index in [1.807, 2.05) is 30.2 Å². The van der Waals surface area contributed by atoms with Gasteiger partial charge in [-0.15, -0.1) is 0 Å². The first-order valence-corrected chi connectivity index (χ1v) is 7.85. The zero-order chi connectivity index (χ0) is 15.8. The first-order chi connectivity index (χ1) is 11.2. The van der Waals surface area contributed by atoms with Gasteiger partial charge in [0.05, 0.1) is 6.20 Å². The lowest BCUT2D eigenvalue weighted by Crippen LogP contribution is -2.27. The van der Waals surface area contributed by atoms with Crippen LogP contribution >= 0.6 is 0 Å². The lowest BCUT2D eigenvalue weighted by Gasteiger charge is -2.25. The molecule has 0 unspecified atom stereocenters. The van der Waals surface area contributed by atoms with E-state index in [2.05, 4.69) is 27.3 Å². The predicted octanol–water partition coefficient (Wildman–Crippen LogP) is 3.33. The van der Waals surface area contributed by atoms with E-state index in [-0.39, 0.29) is 5.82 Å². The Bertz CT molecular complexity index is 874. The van der Waals surface area contributed by atoms with E-state index < -0.39 is 0 Å². The van der Waals surface area contributed by atoms with Gasteiger partial charge < -0.3 is 4.98 Å². The summed E-state index contributed by atoms with van der Waals surface area (Å²) in [5.41, 5.74) is 4.64. The number of hydrogen-bond donors (Lipinski definition) is 1. The summed E-state index contributed by atoms with van der Waals surface area (Å²) in [6.45, 7) is 2.88. The van der Waals surface area contributed by atoms with E-state index in [4.69, 9.17) is 0 Å². The first-order valence-electron chi connectivity index (χ1n) is 7.85. The molecule has 23 heavy (non-hydrogen) atoms. The molecular formula is C18H19FN4. The number of hydrogen-bond acceptors (Lipinski definition) is 2. The molecule has 2 aromatic heterocycles. The van der Waals surface area contributed by atoms with E-state index in [9.17, 15) is 4.39 Å². The molecule has 0 amide bonds. The Labute approximate surface area is 134 Å². The van der Waals surface area contributed by atoms with Crippen LogP contribution in [0.25, 0.3) is 16.5 Å². The molecule has 0 saturated carbocycles. The second-order valence-electron chi connectivity index (χ2n) is 6.13. The molecule has 118 valence electrons. The Morgan fingerprint density at radius 1 is 1.35 bits per heavy atom. The number of H-pyrrole nitrogens is 1. The molecule has 0 aliphatic carbocycles. The first kappa shape index (κ1) is 14.2. The molecule has 3 heterocycles. The minimum Gasteiger partial charge on any atom is -0.360 e. The number of nitrogens with one attached hydrogen (secondary N) is 1. The Balaban J connectivity index is 1.52. The van der Waals surface area contributed by atoms with Crippen molar-refractivity contribution in [2.45, 2.75) is 13.0 Å². The van der Waals surface area contributed by atoms with Gasteiger partial charge in [0.2, 0.25) is 0 Å². The summed E-state index contributed by atoms with van der Waals surface area (Å²) in [4.78, 5) is 5.59. The topological polar surface area (TPSA) is 36.9 Å². The third kappa shape index (κ3) is 2.80. The molecule has 0 atom stereocenters. The molecule has 0 saturated heterocycles. The van der Waals surface area contributed by atoms with Gasteiger partial charge >= 0.3 is 0 Å². The van der Waals surface area contributed by atoms with E-state index in [0.29, 0.717) is 0 Å². The van der Waals surface area contributed by atoms with Crippen molar-refractivity contribution in [2.24, 2.45) is 7.05 Å². The normalized spacial score (nSPS) is 16.0. The highest BCUT2D eigenvalue weighted by atomic mass is 19.1. The van der Waals surface area contributed by atoms with Gasteiger partial charge in [-0.2, -0.15) is 5.10 Å².